The number of carboxylic acid groups (broad SMARTS) is 1. The number of carbonyl (C=O) groups is 2. The number of carbonyl (C=O) groups excluding carboxylic acids is 1. The van der Waals surface area contributed by atoms with E-state index in [0.717, 1.165) is 0 Å². The van der Waals surface area contributed by atoms with Crippen molar-refractivity contribution < 1.29 is 19.4 Å². The molecule has 2 rings (SSSR count). The standard InChI is InChI=1S/C14H12O4/c1-2-18-14(17)12-8-4-5-9-10(12)6-3-7-11(9)13(15)16/h3-8H,2H2,1H3,(H,15,16). The molecule has 0 aliphatic carbocycles. The highest BCUT2D eigenvalue weighted by atomic mass is 16.5. The Morgan fingerprint density at radius 1 is 1.06 bits per heavy atom. The summed E-state index contributed by atoms with van der Waals surface area (Å²) in [7, 11) is 0. The summed E-state index contributed by atoms with van der Waals surface area (Å²) in [6.45, 7) is 2.01. The first-order valence-corrected chi connectivity index (χ1v) is 5.57. The second-order valence-electron chi connectivity index (χ2n) is 3.73. The zero-order valence-electron chi connectivity index (χ0n) is 9.84. The third kappa shape index (κ3) is 2.05. The summed E-state index contributed by atoms with van der Waals surface area (Å²) < 4.78 is 4.95. The number of fused-ring (bicyclic) bond motifs is 1. The van der Waals surface area contributed by atoms with E-state index in [-0.39, 0.29) is 12.2 Å². The second kappa shape index (κ2) is 4.87. The van der Waals surface area contributed by atoms with Gasteiger partial charge in [-0.1, -0.05) is 24.3 Å². The van der Waals surface area contributed by atoms with Gasteiger partial charge in [0, 0.05) is 0 Å². The molecule has 0 saturated carbocycles. The largest absolute Gasteiger partial charge is 0.478 e. The van der Waals surface area contributed by atoms with Gasteiger partial charge in [-0.3, -0.25) is 0 Å². The number of hydrogen-bond acceptors (Lipinski definition) is 3. The van der Waals surface area contributed by atoms with Gasteiger partial charge in [0.1, 0.15) is 0 Å². The maximum atomic E-state index is 11.8. The zero-order valence-corrected chi connectivity index (χ0v) is 9.84. The minimum Gasteiger partial charge on any atom is -0.478 e. The van der Waals surface area contributed by atoms with Crippen LogP contribution in [-0.4, -0.2) is 23.7 Å². The number of carboxylic acids is 1. The van der Waals surface area contributed by atoms with Crippen LogP contribution in [0.15, 0.2) is 36.4 Å². The Hall–Kier alpha value is -2.36. The Morgan fingerprint density at radius 3 is 2.17 bits per heavy atom. The Morgan fingerprint density at radius 2 is 1.61 bits per heavy atom. The van der Waals surface area contributed by atoms with E-state index in [1.54, 1.807) is 37.3 Å². The molecule has 0 aromatic heterocycles. The molecule has 0 heterocycles. The van der Waals surface area contributed by atoms with E-state index >= 15 is 0 Å². The van der Waals surface area contributed by atoms with Crippen molar-refractivity contribution in [2.45, 2.75) is 6.92 Å². The van der Waals surface area contributed by atoms with Crippen LogP contribution in [0, 0.1) is 0 Å². The predicted molar refractivity (Wildman–Crippen MR) is 66.9 cm³/mol. The molecule has 4 heteroatoms. The fourth-order valence-corrected chi connectivity index (χ4v) is 1.88. The van der Waals surface area contributed by atoms with Gasteiger partial charge in [0.2, 0.25) is 0 Å². The quantitative estimate of drug-likeness (QED) is 0.843. The van der Waals surface area contributed by atoms with E-state index < -0.39 is 11.9 Å². The van der Waals surface area contributed by atoms with Crippen LogP contribution >= 0.6 is 0 Å². The molecular weight excluding hydrogens is 232 g/mol. The Labute approximate surface area is 104 Å². The summed E-state index contributed by atoms with van der Waals surface area (Å²) >= 11 is 0. The summed E-state index contributed by atoms with van der Waals surface area (Å²) in [5.41, 5.74) is 0.566. The molecule has 0 unspecified atom stereocenters. The van der Waals surface area contributed by atoms with Crippen LogP contribution in [0.4, 0.5) is 0 Å². The molecule has 0 spiro atoms. The van der Waals surface area contributed by atoms with Crippen LogP contribution in [0.3, 0.4) is 0 Å². The average molecular weight is 244 g/mol. The number of benzene rings is 2. The molecule has 18 heavy (non-hydrogen) atoms. The first kappa shape index (κ1) is 12.1. The summed E-state index contributed by atoms with van der Waals surface area (Å²) in [6, 6.07) is 9.82. The van der Waals surface area contributed by atoms with E-state index in [9.17, 15) is 9.59 Å². The van der Waals surface area contributed by atoms with Crippen LogP contribution < -0.4 is 0 Å². The topological polar surface area (TPSA) is 63.6 Å². The normalized spacial score (nSPS) is 10.3. The van der Waals surface area contributed by atoms with Gasteiger partial charge in [-0.25, -0.2) is 9.59 Å². The lowest BCUT2D eigenvalue weighted by molar-refractivity contribution is 0.0528. The van der Waals surface area contributed by atoms with Crippen molar-refractivity contribution in [1.82, 2.24) is 0 Å². The fraction of sp³-hybridized carbons (Fsp3) is 0.143. The number of hydrogen-bond donors (Lipinski definition) is 1. The predicted octanol–water partition coefficient (Wildman–Crippen LogP) is 2.71. The summed E-state index contributed by atoms with van der Waals surface area (Å²) in [5.74, 6) is -1.45. The Balaban J connectivity index is 2.67. The Kier molecular flexibility index (Phi) is 3.28. The summed E-state index contributed by atoms with van der Waals surface area (Å²) in [4.78, 5) is 22.9. The second-order valence-corrected chi connectivity index (χ2v) is 3.73. The number of ether oxygens (including phenoxy) is 1. The van der Waals surface area contributed by atoms with Crippen molar-refractivity contribution in [3.05, 3.63) is 47.5 Å². The lowest BCUT2D eigenvalue weighted by Crippen LogP contribution is -2.06. The molecule has 0 saturated heterocycles. The lowest BCUT2D eigenvalue weighted by Gasteiger charge is -2.07. The fourth-order valence-electron chi connectivity index (χ4n) is 1.88. The van der Waals surface area contributed by atoms with E-state index in [2.05, 4.69) is 0 Å². The van der Waals surface area contributed by atoms with Gasteiger partial charge in [-0.05, 0) is 29.8 Å². The van der Waals surface area contributed by atoms with Crippen molar-refractivity contribution in [1.29, 1.82) is 0 Å². The number of aromatic carboxylic acids is 1. The Bertz CT molecular complexity index is 616. The molecule has 1 N–H and O–H groups in total. The van der Waals surface area contributed by atoms with Gasteiger partial charge in [0.15, 0.2) is 0 Å². The van der Waals surface area contributed by atoms with Gasteiger partial charge in [0.05, 0.1) is 17.7 Å². The minimum atomic E-state index is -1.01. The summed E-state index contributed by atoms with van der Waals surface area (Å²) in [6.07, 6.45) is 0. The minimum absolute atomic E-state index is 0.179. The number of esters is 1. The molecule has 0 aliphatic heterocycles. The molecule has 0 aliphatic rings. The van der Waals surface area contributed by atoms with Gasteiger partial charge < -0.3 is 9.84 Å². The monoisotopic (exact) mass is 244 g/mol. The van der Waals surface area contributed by atoms with Crippen LogP contribution in [0.5, 0.6) is 0 Å². The van der Waals surface area contributed by atoms with Gasteiger partial charge in [0.25, 0.3) is 0 Å². The van der Waals surface area contributed by atoms with Crippen molar-refractivity contribution in [3.63, 3.8) is 0 Å². The SMILES string of the molecule is CCOC(=O)c1cccc2c(C(=O)O)cccc12. The highest BCUT2D eigenvalue weighted by molar-refractivity contribution is 6.10. The van der Waals surface area contributed by atoms with Crippen LogP contribution in [0.1, 0.15) is 27.6 Å². The number of rotatable bonds is 3. The first-order chi connectivity index (χ1) is 8.65. The zero-order chi connectivity index (χ0) is 13.1. The average Bonchev–Trinajstić information content (AvgIpc) is 2.37. The van der Waals surface area contributed by atoms with E-state index in [4.69, 9.17) is 9.84 Å². The lowest BCUT2D eigenvalue weighted by atomic mass is 10.0. The molecule has 0 amide bonds. The van der Waals surface area contributed by atoms with Gasteiger partial charge in [-0.2, -0.15) is 0 Å². The third-order valence-electron chi connectivity index (χ3n) is 2.65. The molecule has 4 nitrogen and oxygen atoms in total. The molecule has 0 bridgehead atoms. The highest BCUT2D eigenvalue weighted by Crippen LogP contribution is 2.23. The van der Waals surface area contributed by atoms with Gasteiger partial charge in [-0.15, -0.1) is 0 Å². The van der Waals surface area contributed by atoms with E-state index in [1.807, 2.05) is 0 Å². The maximum Gasteiger partial charge on any atom is 0.338 e. The van der Waals surface area contributed by atoms with E-state index in [0.29, 0.717) is 16.3 Å². The van der Waals surface area contributed by atoms with Crippen LogP contribution in [-0.2, 0) is 4.74 Å². The van der Waals surface area contributed by atoms with Crippen molar-refractivity contribution >= 4 is 22.7 Å². The van der Waals surface area contributed by atoms with Crippen LogP contribution in [0.2, 0.25) is 0 Å². The molecule has 2 aromatic carbocycles. The third-order valence-corrected chi connectivity index (χ3v) is 2.65. The van der Waals surface area contributed by atoms with Crippen molar-refractivity contribution in [3.8, 4) is 0 Å². The first-order valence-electron chi connectivity index (χ1n) is 5.57. The van der Waals surface area contributed by atoms with Gasteiger partial charge >= 0.3 is 11.9 Å². The molecular formula is C14H12O4. The molecule has 2 aromatic rings. The maximum absolute atomic E-state index is 11.8. The molecule has 0 fully saturated rings. The van der Waals surface area contributed by atoms with E-state index in [1.165, 1.54) is 6.07 Å². The van der Waals surface area contributed by atoms with Crippen LogP contribution in [0.25, 0.3) is 10.8 Å². The van der Waals surface area contributed by atoms with Crippen molar-refractivity contribution in [2.24, 2.45) is 0 Å². The molecule has 92 valence electrons. The van der Waals surface area contributed by atoms with Crippen molar-refractivity contribution in [2.75, 3.05) is 6.61 Å². The molecule has 0 radical (unpaired) electrons. The molecule has 0 atom stereocenters. The highest BCUT2D eigenvalue weighted by Gasteiger charge is 2.14. The smallest absolute Gasteiger partial charge is 0.338 e. The summed E-state index contributed by atoms with van der Waals surface area (Å²) in [5, 5.41) is 10.2.